The van der Waals surface area contributed by atoms with E-state index < -0.39 is 0 Å². The van der Waals surface area contributed by atoms with Gasteiger partial charge in [-0.2, -0.15) is 0 Å². The maximum absolute atomic E-state index is 9.35. The summed E-state index contributed by atoms with van der Waals surface area (Å²) >= 11 is 6.21. The number of para-hydroxylation sites is 1. The quantitative estimate of drug-likeness (QED) is 0.865. The van der Waals surface area contributed by atoms with Crippen molar-refractivity contribution in [2.75, 3.05) is 24.6 Å². The van der Waals surface area contributed by atoms with Crippen molar-refractivity contribution in [3.05, 3.63) is 28.8 Å². The first-order valence-electron chi connectivity index (χ1n) is 6.00. The molecule has 1 atom stereocenters. The van der Waals surface area contributed by atoms with E-state index in [0.717, 1.165) is 37.2 Å². The van der Waals surface area contributed by atoms with Crippen molar-refractivity contribution < 1.29 is 10.2 Å². The van der Waals surface area contributed by atoms with Gasteiger partial charge in [-0.25, -0.2) is 0 Å². The third-order valence-electron chi connectivity index (χ3n) is 3.38. The molecule has 1 saturated heterocycles. The molecule has 94 valence electrons. The number of rotatable bonds is 4. The van der Waals surface area contributed by atoms with E-state index in [1.807, 2.05) is 18.2 Å². The van der Waals surface area contributed by atoms with Gasteiger partial charge in [-0.3, -0.25) is 0 Å². The van der Waals surface area contributed by atoms with Crippen molar-refractivity contribution in [2.24, 2.45) is 5.92 Å². The van der Waals surface area contributed by atoms with Gasteiger partial charge in [-0.15, -0.1) is 0 Å². The Kier molecular flexibility index (Phi) is 4.26. The second kappa shape index (κ2) is 5.71. The minimum Gasteiger partial charge on any atom is -0.396 e. The van der Waals surface area contributed by atoms with Gasteiger partial charge in [0.15, 0.2) is 0 Å². The second-order valence-electron chi connectivity index (χ2n) is 4.52. The molecule has 1 fully saturated rings. The molecule has 1 aliphatic heterocycles. The lowest BCUT2D eigenvalue weighted by Gasteiger charge is -2.22. The fourth-order valence-corrected chi connectivity index (χ4v) is 2.81. The zero-order valence-electron chi connectivity index (χ0n) is 9.77. The number of halogens is 1. The lowest BCUT2D eigenvalue weighted by molar-refractivity contribution is 0.263. The van der Waals surface area contributed by atoms with E-state index in [1.54, 1.807) is 0 Å². The van der Waals surface area contributed by atoms with Crippen molar-refractivity contribution in [1.82, 2.24) is 0 Å². The monoisotopic (exact) mass is 255 g/mol. The topological polar surface area (TPSA) is 43.7 Å². The van der Waals surface area contributed by atoms with Crippen molar-refractivity contribution >= 4 is 17.3 Å². The van der Waals surface area contributed by atoms with Crippen molar-refractivity contribution in [3.63, 3.8) is 0 Å². The summed E-state index contributed by atoms with van der Waals surface area (Å²) in [4.78, 5) is 2.22. The zero-order chi connectivity index (χ0) is 12.3. The van der Waals surface area contributed by atoms with Crippen LogP contribution in [0.1, 0.15) is 18.4 Å². The number of hydrogen-bond donors (Lipinski definition) is 2. The van der Waals surface area contributed by atoms with Gasteiger partial charge in [0.05, 0.1) is 17.3 Å². The third-order valence-corrected chi connectivity index (χ3v) is 3.69. The van der Waals surface area contributed by atoms with E-state index in [-0.39, 0.29) is 13.2 Å². The number of aliphatic hydroxyl groups is 2. The van der Waals surface area contributed by atoms with Gasteiger partial charge < -0.3 is 15.1 Å². The average molecular weight is 256 g/mol. The molecule has 1 unspecified atom stereocenters. The van der Waals surface area contributed by atoms with Crippen LogP contribution in [0, 0.1) is 5.92 Å². The lowest BCUT2D eigenvalue weighted by atomic mass is 10.1. The van der Waals surface area contributed by atoms with E-state index in [9.17, 15) is 5.11 Å². The second-order valence-corrected chi connectivity index (χ2v) is 4.93. The third kappa shape index (κ3) is 2.73. The summed E-state index contributed by atoms with van der Waals surface area (Å²) in [6, 6.07) is 5.62. The molecule has 0 spiro atoms. The largest absolute Gasteiger partial charge is 0.396 e. The predicted molar refractivity (Wildman–Crippen MR) is 69.4 cm³/mol. The van der Waals surface area contributed by atoms with Crippen LogP contribution >= 0.6 is 11.6 Å². The van der Waals surface area contributed by atoms with Crippen molar-refractivity contribution in [2.45, 2.75) is 19.4 Å². The molecule has 1 aromatic carbocycles. The molecular weight excluding hydrogens is 238 g/mol. The fourth-order valence-electron chi connectivity index (χ4n) is 2.50. The Morgan fingerprint density at radius 1 is 1.35 bits per heavy atom. The van der Waals surface area contributed by atoms with Gasteiger partial charge in [0, 0.05) is 25.3 Å². The lowest BCUT2D eigenvalue weighted by Crippen LogP contribution is -2.21. The van der Waals surface area contributed by atoms with Crippen LogP contribution in [0.15, 0.2) is 18.2 Å². The molecule has 4 heteroatoms. The highest BCUT2D eigenvalue weighted by Crippen LogP contribution is 2.34. The van der Waals surface area contributed by atoms with E-state index in [0.29, 0.717) is 10.9 Å². The highest BCUT2D eigenvalue weighted by Gasteiger charge is 2.25. The first-order chi connectivity index (χ1) is 8.26. The van der Waals surface area contributed by atoms with Crippen molar-refractivity contribution in [3.8, 4) is 0 Å². The van der Waals surface area contributed by atoms with Crippen LogP contribution in [-0.4, -0.2) is 29.9 Å². The van der Waals surface area contributed by atoms with E-state index in [4.69, 9.17) is 16.7 Å². The summed E-state index contributed by atoms with van der Waals surface area (Å²) in [6.07, 6.45) is 1.92. The summed E-state index contributed by atoms with van der Waals surface area (Å²) in [6.45, 7) is 2.11. The Bertz CT molecular complexity index is 384. The number of hydrogen-bond acceptors (Lipinski definition) is 3. The van der Waals surface area contributed by atoms with Gasteiger partial charge in [0.25, 0.3) is 0 Å². The molecule has 0 aromatic heterocycles. The number of benzene rings is 1. The molecule has 1 aromatic rings. The highest BCUT2D eigenvalue weighted by atomic mass is 35.5. The molecule has 0 amide bonds. The maximum atomic E-state index is 9.35. The van der Waals surface area contributed by atoms with E-state index in [1.165, 1.54) is 0 Å². The summed E-state index contributed by atoms with van der Waals surface area (Å²) < 4.78 is 0. The van der Waals surface area contributed by atoms with Crippen molar-refractivity contribution in [1.29, 1.82) is 0 Å². The molecule has 0 aliphatic carbocycles. The van der Waals surface area contributed by atoms with Gasteiger partial charge >= 0.3 is 0 Å². The van der Waals surface area contributed by atoms with Gasteiger partial charge in [-0.1, -0.05) is 23.7 Å². The molecule has 0 saturated carbocycles. The van der Waals surface area contributed by atoms with E-state index >= 15 is 0 Å². The Hall–Kier alpha value is -0.770. The molecule has 1 heterocycles. The molecule has 0 bridgehead atoms. The summed E-state index contributed by atoms with van der Waals surface area (Å²) in [5.74, 6) is 0.530. The first kappa shape index (κ1) is 12.7. The van der Waals surface area contributed by atoms with Crippen LogP contribution in [0.3, 0.4) is 0 Å². The van der Waals surface area contributed by atoms with Crippen LogP contribution in [0.25, 0.3) is 0 Å². The molecule has 3 nitrogen and oxygen atoms in total. The molecule has 17 heavy (non-hydrogen) atoms. The normalized spacial score (nSPS) is 19.9. The van der Waals surface area contributed by atoms with Crippen LogP contribution in [0.4, 0.5) is 5.69 Å². The highest BCUT2D eigenvalue weighted by molar-refractivity contribution is 6.33. The number of anilines is 1. The minimum absolute atomic E-state index is 0.0110. The predicted octanol–water partition coefficient (Wildman–Crippen LogP) is 2.04. The average Bonchev–Trinajstić information content (AvgIpc) is 2.77. The minimum atomic E-state index is 0.0110. The maximum Gasteiger partial charge on any atom is 0.0702 e. The first-order valence-corrected chi connectivity index (χ1v) is 6.38. The Morgan fingerprint density at radius 2 is 2.18 bits per heavy atom. The van der Waals surface area contributed by atoms with E-state index in [2.05, 4.69) is 4.90 Å². The summed E-state index contributed by atoms with van der Waals surface area (Å²) in [5.41, 5.74) is 1.83. The van der Waals surface area contributed by atoms with Crippen LogP contribution in [0.5, 0.6) is 0 Å². The summed E-state index contributed by atoms with van der Waals surface area (Å²) in [5, 5.41) is 19.0. The fraction of sp³-hybridized carbons (Fsp3) is 0.538. The van der Waals surface area contributed by atoms with Crippen LogP contribution in [0.2, 0.25) is 5.02 Å². The Labute approximate surface area is 107 Å². The van der Waals surface area contributed by atoms with Gasteiger partial charge in [0.1, 0.15) is 0 Å². The smallest absolute Gasteiger partial charge is 0.0702 e. The standard InChI is InChI=1S/C13H18ClNO2/c14-12-3-1-2-11(9-17)13(12)15-6-4-10(8-15)5-7-16/h1-3,10,16-17H,4-9H2. The van der Waals surface area contributed by atoms with Crippen LogP contribution in [-0.2, 0) is 6.61 Å². The van der Waals surface area contributed by atoms with Gasteiger partial charge in [0.2, 0.25) is 0 Å². The molecule has 2 N–H and O–H groups in total. The molecule has 0 radical (unpaired) electrons. The SMILES string of the molecule is OCCC1CCN(c2c(Cl)cccc2CO)C1. The Balaban J connectivity index is 2.18. The van der Waals surface area contributed by atoms with Crippen LogP contribution < -0.4 is 4.90 Å². The zero-order valence-corrected chi connectivity index (χ0v) is 10.5. The summed E-state index contributed by atoms with van der Waals surface area (Å²) in [7, 11) is 0. The molecular formula is C13H18ClNO2. The molecule has 1 aliphatic rings. The molecule has 2 rings (SSSR count). The number of nitrogens with zero attached hydrogens (tertiary/aromatic N) is 1. The van der Waals surface area contributed by atoms with Gasteiger partial charge in [-0.05, 0) is 24.8 Å². The number of aliphatic hydroxyl groups excluding tert-OH is 2. The Morgan fingerprint density at radius 3 is 2.88 bits per heavy atom.